The Labute approximate surface area is 231 Å². The van der Waals surface area contributed by atoms with Gasteiger partial charge in [0, 0.05) is 23.7 Å². The number of nitrogens with zero attached hydrogens (tertiary/aromatic N) is 2. The molecule has 0 saturated carbocycles. The molecule has 5 nitrogen and oxygen atoms in total. The lowest BCUT2D eigenvalue weighted by molar-refractivity contribution is 0.183. The Kier molecular flexibility index (Phi) is 7.82. The monoisotopic (exact) mass is 561 g/mol. The van der Waals surface area contributed by atoms with E-state index in [2.05, 4.69) is 10.2 Å². The number of urea groups is 1. The molecular weight excluding hydrogens is 536 g/mol. The first kappa shape index (κ1) is 26.1. The molecule has 2 heterocycles. The highest BCUT2D eigenvalue weighted by Crippen LogP contribution is 2.48. The summed E-state index contributed by atoms with van der Waals surface area (Å²) >= 11 is 19.6. The lowest BCUT2D eigenvalue weighted by Crippen LogP contribution is -2.43. The number of hydrogen-bond acceptors (Lipinski definition) is 3. The second-order valence-electron chi connectivity index (χ2n) is 9.36. The molecule has 1 fully saturated rings. The van der Waals surface area contributed by atoms with Gasteiger partial charge in [-0.05, 0) is 74.8 Å². The molecular formula is C28H27Cl3FN3O2. The molecule has 3 aromatic carbocycles. The minimum Gasteiger partial charge on any atom is -0.492 e. The van der Waals surface area contributed by atoms with Crippen molar-refractivity contribution in [2.45, 2.75) is 32.2 Å². The van der Waals surface area contributed by atoms with Crippen molar-refractivity contribution in [3.8, 4) is 16.9 Å². The molecule has 2 amide bonds. The van der Waals surface area contributed by atoms with Crippen molar-refractivity contribution in [2.75, 3.05) is 31.1 Å². The number of piperidine rings is 1. The summed E-state index contributed by atoms with van der Waals surface area (Å²) in [6.45, 7) is 5.33. The van der Waals surface area contributed by atoms with Crippen LogP contribution in [0.15, 0.2) is 48.5 Å². The van der Waals surface area contributed by atoms with E-state index in [1.165, 1.54) is 36.3 Å². The van der Waals surface area contributed by atoms with Crippen molar-refractivity contribution in [1.82, 2.24) is 10.2 Å². The van der Waals surface area contributed by atoms with Gasteiger partial charge in [0.1, 0.15) is 18.2 Å². The van der Waals surface area contributed by atoms with Gasteiger partial charge in [-0.2, -0.15) is 0 Å². The molecule has 1 atom stereocenters. The summed E-state index contributed by atoms with van der Waals surface area (Å²) in [7, 11) is 0. The zero-order chi connectivity index (χ0) is 26.1. The van der Waals surface area contributed by atoms with Crippen LogP contribution >= 0.6 is 34.8 Å². The summed E-state index contributed by atoms with van der Waals surface area (Å²) in [4.78, 5) is 17.2. The number of halogens is 4. The van der Waals surface area contributed by atoms with Gasteiger partial charge in [-0.3, -0.25) is 9.80 Å². The number of para-hydroxylation sites is 1. The van der Waals surface area contributed by atoms with E-state index in [0.29, 0.717) is 39.3 Å². The molecule has 0 aromatic heterocycles. The summed E-state index contributed by atoms with van der Waals surface area (Å²) in [6, 6.07) is 12.4. The predicted molar refractivity (Wildman–Crippen MR) is 148 cm³/mol. The SMILES string of the molecule is CC1NC(=O)N(c2c(Cl)cccc2Cl)c2cc(OCCN3CCCCC3)cc(-c3ccc(F)cc3Cl)c21. The normalized spacial score (nSPS) is 17.9. The maximum absolute atomic E-state index is 13.9. The van der Waals surface area contributed by atoms with Crippen LogP contribution in [0.1, 0.15) is 37.8 Å². The second-order valence-corrected chi connectivity index (χ2v) is 10.6. The van der Waals surface area contributed by atoms with E-state index in [4.69, 9.17) is 39.5 Å². The Morgan fingerprint density at radius 2 is 1.70 bits per heavy atom. The minimum atomic E-state index is -0.428. The number of carbonyl (C=O) groups is 1. The smallest absolute Gasteiger partial charge is 0.327 e. The molecule has 0 aliphatic carbocycles. The fourth-order valence-corrected chi connectivity index (χ4v) is 5.93. The van der Waals surface area contributed by atoms with Crippen LogP contribution in [0, 0.1) is 5.82 Å². The van der Waals surface area contributed by atoms with Crippen LogP contribution in [-0.4, -0.2) is 37.2 Å². The standard InChI is InChI=1S/C28H27Cl3FN3O2/c1-17-26-21(20-9-8-18(32)14-24(20)31)15-19(37-13-12-34-10-3-2-4-11-34)16-25(26)35(28(36)33-17)27-22(29)6-5-7-23(27)30/h5-9,14-17H,2-4,10-13H2,1H3,(H,33,36). The highest BCUT2D eigenvalue weighted by molar-refractivity contribution is 6.40. The summed E-state index contributed by atoms with van der Waals surface area (Å²) < 4.78 is 20.1. The molecule has 9 heteroatoms. The van der Waals surface area contributed by atoms with Gasteiger partial charge in [-0.15, -0.1) is 0 Å². The van der Waals surface area contributed by atoms with E-state index >= 15 is 0 Å². The van der Waals surface area contributed by atoms with Crippen molar-refractivity contribution < 1.29 is 13.9 Å². The van der Waals surface area contributed by atoms with E-state index in [0.717, 1.165) is 30.8 Å². The van der Waals surface area contributed by atoms with Crippen LogP contribution in [0.2, 0.25) is 15.1 Å². The van der Waals surface area contributed by atoms with Gasteiger partial charge in [0.25, 0.3) is 0 Å². The van der Waals surface area contributed by atoms with E-state index < -0.39 is 5.82 Å². The number of carbonyl (C=O) groups excluding carboxylic acids is 1. The highest BCUT2D eigenvalue weighted by Gasteiger charge is 2.35. The Balaban J connectivity index is 1.63. The topological polar surface area (TPSA) is 44.8 Å². The van der Waals surface area contributed by atoms with Crippen molar-refractivity contribution in [3.63, 3.8) is 0 Å². The van der Waals surface area contributed by atoms with Crippen molar-refractivity contribution in [1.29, 1.82) is 0 Å². The Morgan fingerprint density at radius 3 is 2.41 bits per heavy atom. The van der Waals surface area contributed by atoms with Gasteiger partial charge in [0.15, 0.2) is 0 Å². The van der Waals surface area contributed by atoms with Gasteiger partial charge >= 0.3 is 6.03 Å². The first-order chi connectivity index (χ1) is 17.8. The second kappa shape index (κ2) is 11.1. The van der Waals surface area contributed by atoms with Gasteiger partial charge in [0.05, 0.1) is 32.5 Å². The first-order valence-corrected chi connectivity index (χ1v) is 13.5. The van der Waals surface area contributed by atoms with E-state index in [1.54, 1.807) is 24.3 Å². The summed E-state index contributed by atoms with van der Waals surface area (Å²) in [5.41, 5.74) is 3.12. The third kappa shape index (κ3) is 5.39. The number of amides is 2. The van der Waals surface area contributed by atoms with Crippen molar-refractivity contribution >= 4 is 52.2 Å². The Morgan fingerprint density at radius 1 is 0.973 bits per heavy atom. The average Bonchev–Trinajstić information content (AvgIpc) is 2.86. The fraction of sp³-hybridized carbons (Fsp3) is 0.321. The molecule has 2 aliphatic heterocycles. The number of rotatable bonds is 6. The van der Waals surface area contributed by atoms with E-state index in [1.807, 2.05) is 19.1 Å². The molecule has 0 radical (unpaired) electrons. The van der Waals surface area contributed by atoms with Gasteiger partial charge in [-0.25, -0.2) is 9.18 Å². The summed E-state index contributed by atoms with van der Waals surface area (Å²) in [6.07, 6.45) is 3.67. The maximum Gasteiger partial charge on any atom is 0.327 e. The van der Waals surface area contributed by atoms with Gasteiger partial charge in [-0.1, -0.05) is 47.3 Å². The zero-order valence-corrected chi connectivity index (χ0v) is 22.6. The van der Waals surface area contributed by atoms with Crippen LogP contribution in [0.3, 0.4) is 0 Å². The third-order valence-electron chi connectivity index (χ3n) is 6.86. The van der Waals surface area contributed by atoms with Crippen molar-refractivity contribution in [2.24, 2.45) is 0 Å². The molecule has 194 valence electrons. The molecule has 0 bridgehead atoms. The highest BCUT2D eigenvalue weighted by atomic mass is 35.5. The largest absolute Gasteiger partial charge is 0.492 e. The number of likely N-dealkylation sites (tertiary alicyclic amines) is 1. The third-order valence-corrected chi connectivity index (χ3v) is 7.78. The Hall–Kier alpha value is -2.51. The van der Waals surface area contributed by atoms with Crippen LogP contribution in [0.25, 0.3) is 11.1 Å². The number of ether oxygens (including phenoxy) is 1. The van der Waals surface area contributed by atoms with Crippen LogP contribution in [0.4, 0.5) is 20.6 Å². The number of benzene rings is 3. The Bertz CT molecular complexity index is 1310. The molecule has 2 aliphatic rings. The average molecular weight is 563 g/mol. The lowest BCUT2D eigenvalue weighted by atomic mass is 9.91. The van der Waals surface area contributed by atoms with Crippen LogP contribution < -0.4 is 15.0 Å². The first-order valence-electron chi connectivity index (χ1n) is 12.4. The van der Waals surface area contributed by atoms with Gasteiger partial charge < -0.3 is 10.1 Å². The molecule has 37 heavy (non-hydrogen) atoms. The molecule has 3 aromatic rings. The molecule has 1 saturated heterocycles. The van der Waals surface area contributed by atoms with E-state index in [9.17, 15) is 9.18 Å². The van der Waals surface area contributed by atoms with Gasteiger partial charge in [0.2, 0.25) is 0 Å². The number of anilines is 2. The number of fused-ring (bicyclic) bond motifs is 1. The number of hydrogen-bond donors (Lipinski definition) is 1. The summed E-state index contributed by atoms with van der Waals surface area (Å²) in [5, 5.41) is 3.92. The maximum atomic E-state index is 13.9. The fourth-order valence-electron chi connectivity index (χ4n) is 5.10. The van der Waals surface area contributed by atoms with Crippen molar-refractivity contribution in [3.05, 3.63) is 75.0 Å². The molecule has 0 spiro atoms. The zero-order valence-electron chi connectivity index (χ0n) is 20.4. The predicted octanol–water partition coefficient (Wildman–Crippen LogP) is 8.24. The van der Waals surface area contributed by atoms with Crippen LogP contribution in [0.5, 0.6) is 5.75 Å². The molecule has 1 N–H and O–H groups in total. The molecule has 1 unspecified atom stereocenters. The summed E-state index contributed by atoms with van der Waals surface area (Å²) in [5.74, 6) is 0.142. The molecule has 5 rings (SSSR count). The van der Waals surface area contributed by atoms with Crippen LogP contribution in [-0.2, 0) is 0 Å². The van der Waals surface area contributed by atoms with E-state index in [-0.39, 0.29) is 17.1 Å². The minimum absolute atomic E-state index is 0.263. The number of nitrogens with one attached hydrogen (secondary N) is 1. The quantitative estimate of drug-likeness (QED) is 0.329. The lowest BCUT2D eigenvalue weighted by Gasteiger charge is -2.36.